The van der Waals surface area contributed by atoms with E-state index >= 15 is 0 Å². The molecule has 2 saturated heterocycles. The molecule has 2 aromatic carbocycles. The fraction of sp³-hybridized carbons (Fsp3) is 0.364. The van der Waals surface area contributed by atoms with E-state index in [0.29, 0.717) is 49.7 Å². The van der Waals surface area contributed by atoms with Crippen molar-refractivity contribution in [2.45, 2.75) is 37.6 Å². The molecule has 2 heterocycles. The third kappa shape index (κ3) is 4.44. The third-order valence-corrected chi connectivity index (χ3v) is 6.39. The van der Waals surface area contributed by atoms with Crippen LogP contribution in [-0.2, 0) is 4.79 Å². The summed E-state index contributed by atoms with van der Waals surface area (Å²) in [5, 5.41) is 4.23. The second-order valence-corrected chi connectivity index (χ2v) is 8.39. The van der Waals surface area contributed by atoms with Gasteiger partial charge in [0.25, 0.3) is 0 Å². The molecule has 2 aliphatic rings. The maximum absolute atomic E-state index is 14.1. The molecule has 0 radical (unpaired) electrons. The van der Waals surface area contributed by atoms with Crippen molar-refractivity contribution >= 4 is 34.8 Å². The number of likely N-dealkylation sites (tertiary alicyclic amines) is 1. The number of nitrogens with one attached hydrogen (secondary N) is 1. The number of carbonyl (C=O) groups is 1. The van der Waals surface area contributed by atoms with Gasteiger partial charge in [0.15, 0.2) is 0 Å². The van der Waals surface area contributed by atoms with Crippen molar-refractivity contribution in [1.29, 1.82) is 0 Å². The van der Waals surface area contributed by atoms with E-state index in [1.54, 1.807) is 23.1 Å². The summed E-state index contributed by atoms with van der Waals surface area (Å²) < 4.78 is 27.1. The highest BCUT2D eigenvalue weighted by molar-refractivity contribution is 6.30. The fourth-order valence-corrected chi connectivity index (χ4v) is 4.56. The topological polar surface area (TPSA) is 74.0 Å². The summed E-state index contributed by atoms with van der Waals surface area (Å²) in [6.07, 6.45) is 3.48. The molecule has 0 saturated carbocycles. The van der Waals surface area contributed by atoms with E-state index in [1.165, 1.54) is 24.3 Å². The van der Waals surface area contributed by atoms with Crippen molar-refractivity contribution in [2.24, 2.45) is 10.8 Å². The number of guanidine groups is 1. The Labute approximate surface area is 184 Å². The number of piperidine rings is 2. The van der Waals surface area contributed by atoms with Crippen molar-refractivity contribution in [1.82, 2.24) is 4.90 Å². The zero-order chi connectivity index (χ0) is 22.0. The quantitative estimate of drug-likeness (QED) is 0.417. The molecule has 9 heteroatoms. The average molecular weight is 448 g/mol. The summed E-state index contributed by atoms with van der Waals surface area (Å²) >= 11 is 5.83. The number of benzene rings is 2. The van der Waals surface area contributed by atoms with Crippen LogP contribution in [0.2, 0.25) is 5.02 Å². The maximum atomic E-state index is 14.1. The molecule has 2 fully saturated rings. The molecule has 1 spiro atoms. The van der Waals surface area contributed by atoms with Crippen LogP contribution >= 0.6 is 11.6 Å². The normalized spacial score (nSPS) is 19.1. The minimum Gasteiger partial charge on any atom is -0.368 e. The summed E-state index contributed by atoms with van der Waals surface area (Å²) in [5.41, 5.74) is 9.77. The minimum absolute atomic E-state index is 0.000961. The molecule has 2 aliphatic heterocycles. The number of halogens is 3. The molecule has 3 N–H and O–H groups in total. The lowest BCUT2D eigenvalue weighted by Crippen LogP contribution is -2.61. The maximum Gasteiger partial charge on any atom is 0.227 e. The highest BCUT2D eigenvalue weighted by atomic mass is 35.5. The second kappa shape index (κ2) is 8.70. The largest absolute Gasteiger partial charge is 0.368 e. The Kier molecular flexibility index (Phi) is 6.00. The molecule has 0 aliphatic carbocycles. The average Bonchev–Trinajstić information content (AvgIpc) is 2.76. The molecule has 0 bridgehead atoms. The van der Waals surface area contributed by atoms with Crippen LogP contribution < -0.4 is 16.1 Å². The Hall–Kier alpha value is -2.87. The van der Waals surface area contributed by atoms with Gasteiger partial charge in [0.2, 0.25) is 11.9 Å². The summed E-state index contributed by atoms with van der Waals surface area (Å²) in [4.78, 5) is 16.5. The summed E-state index contributed by atoms with van der Waals surface area (Å²) in [7, 11) is 0. The summed E-state index contributed by atoms with van der Waals surface area (Å²) in [6, 6.07) is 10.4. The summed E-state index contributed by atoms with van der Waals surface area (Å²) in [6.45, 7) is 1.22. The standard InChI is InChI=1S/C22H24ClF2N5O/c23-18-8-7-17(14-19(18)25)30-20(31)2-1-9-22(30)10-12-29(13-11-22)21(26)28-27-16-5-3-15(24)4-6-16/h3-8,14,27H,1-2,9-13H2,(H2,26,28). The Morgan fingerprint density at radius 1 is 1.10 bits per heavy atom. The highest BCUT2D eigenvalue weighted by Gasteiger charge is 2.45. The Morgan fingerprint density at radius 2 is 1.81 bits per heavy atom. The van der Waals surface area contributed by atoms with Gasteiger partial charge in [-0.1, -0.05) is 11.6 Å². The number of hydrazone groups is 1. The van der Waals surface area contributed by atoms with E-state index in [-0.39, 0.29) is 22.3 Å². The van der Waals surface area contributed by atoms with Gasteiger partial charge in [-0.15, -0.1) is 5.10 Å². The Bertz CT molecular complexity index is 990. The van der Waals surface area contributed by atoms with Gasteiger partial charge in [-0.25, -0.2) is 8.78 Å². The van der Waals surface area contributed by atoms with Crippen LogP contribution in [0.1, 0.15) is 32.1 Å². The van der Waals surface area contributed by atoms with E-state index in [4.69, 9.17) is 17.3 Å². The van der Waals surface area contributed by atoms with Gasteiger partial charge >= 0.3 is 0 Å². The number of carbonyl (C=O) groups excluding carboxylic acids is 1. The van der Waals surface area contributed by atoms with Crippen LogP contribution in [-0.4, -0.2) is 35.4 Å². The molecule has 2 aromatic rings. The van der Waals surface area contributed by atoms with Gasteiger partial charge in [-0.05, 0) is 68.1 Å². The summed E-state index contributed by atoms with van der Waals surface area (Å²) in [5.74, 6) is -0.532. The van der Waals surface area contributed by atoms with Gasteiger partial charge < -0.3 is 15.5 Å². The molecule has 4 rings (SSSR count). The smallest absolute Gasteiger partial charge is 0.227 e. The highest BCUT2D eigenvalue weighted by Crippen LogP contribution is 2.41. The first-order valence-electron chi connectivity index (χ1n) is 10.3. The molecule has 6 nitrogen and oxygen atoms in total. The van der Waals surface area contributed by atoms with Gasteiger partial charge in [-0.2, -0.15) is 0 Å². The molecule has 164 valence electrons. The lowest BCUT2D eigenvalue weighted by Gasteiger charge is -2.51. The van der Waals surface area contributed by atoms with E-state index in [0.717, 1.165) is 12.8 Å². The number of amides is 1. The minimum atomic E-state index is -0.534. The van der Waals surface area contributed by atoms with Gasteiger partial charge in [-0.3, -0.25) is 10.2 Å². The van der Waals surface area contributed by atoms with Crippen LogP contribution in [0.15, 0.2) is 47.6 Å². The van der Waals surface area contributed by atoms with Gasteiger partial charge in [0.1, 0.15) is 11.6 Å². The van der Waals surface area contributed by atoms with Crippen molar-refractivity contribution in [3.63, 3.8) is 0 Å². The van der Waals surface area contributed by atoms with Crippen molar-refractivity contribution in [2.75, 3.05) is 23.4 Å². The first-order chi connectivity index (χ1) is 14.9. The van der Waals surface area contributed by atoms with Crippen molar-refractivity contribution < 1.29 is 13.6 Å². The van der Waals surface area contributed by atoms with E-state index in [1.807, 2.05) is 4.90 Å². The van der Waals surface area contributed by atoms with Crippen LogP contribution in [0, 0.1) is 11.6 Å². The monoisotopic (exact) mass is 447 g/mol. The number of hydrogen-bond acceptors (Lipinski definition) is 3. The molecular weight excluding hydrogens is 424 g/mol. The predicted molar refractivity (Wildman–Crippen MR) is 118 cm³/mol. The van der Waals surface area contributed by atoms with E-state index in [9.17, 15) is 13.6 Å². The molecular formula is C22H24ClF2N5O. The molecule has 0 aromatic heterocycles. The van der Waals surface area contributed by atoms with Crippen LogP contribution in [0.3, 0.4) is 0 Å². The Balaban J connectivity index is 1.48. The van der Waals surface area contributed by atoms with E-state index in [2.05, 4.69) is 10.5 Å². The molecule has 0 unspecified atom stereocenters. The fourth-order valence-electron chi connectivity index (χ4n) is 4.44. The van der Waals surface area contributed by atoms with Crippen LogP contribution in [0.25, 0.3) is 0 Å². The zero-order valence-electron chi connectivity index (χ0n) is 17.0. The number of hydrogen-bond donors (Lipinski definition) is 2. The first kappa shape index (κ1) is 21.4. The Morgan fingerprint density at radius 3 is 2.48 bits per heavy atom. The molecule has 1 amide bonds. The van der Waals surface area contributed by atoms with Crippen molar-refractivity contribution in [3.05, 3.63) is 59.1 Å². The number of rotatable bonds is 3. The second-order valence-electron chi connectivity index (χ2n) is 7.98. The predicted octanol–water partition coefficient (Wildman–Crippen LogP) is 4.31. The molecule has 31 heavy (non-hydrogen) atoms. The number of anilines is 2. The third-order valence-electron chi connectivity index (χ3n) is 6.08. The van der Waals surface area contributed by atoms with E-state index < -0.39 is 5.82 Å². The van der Waals surface area contributed by atoms with Crippen LogP contribution in [0.4, 0.5) is 20.2 Å². The van der Waals surface area contributed by atoms with Crippen molar-refractivity contribution in [3.8, 4) is 0 Å². The first-order valence-corrected chi connectivity index (χ1v) is 10.6. The van der Waals surface area contributed by atoms with Gasteiger partial charge in [0.05, 0.1) is 16.2 Å². The lowest BCUT2D eigenvalue weighted by molar-refractivity contribution is -0.122. The SMILES string of the molecule is NC(=NNc1ccc(F)cc1)N1CCC2(CCCC(=O)N2c2ccc(Cl)c(F)c2)CC1. The van der Waals surface area contributed by atoms with Gasteiger partial charge in [0, 0.05) is 25.2 Å². The zero-order valence-corrected chi connectivity index (χ0v) is 17.7. The van der Waals surface area contributed by atoms with Crippen LogP contribution in [0.5, 0.6) is 0 Å². The lowest BCUT2D eigenvalue weighted by atomic mass is 9.78. The number of nitrogens with zero attached hydrogens (tertiary/aromatic N) is 3. The molecule has 0 atom stereocenters. The number of nitrogens with two attached hydrogens (primary N) is 1.